The predicted octanol–water partition coefficient (Wildman–Crippen LogP) is 5.29. The number of methoxy groups -OCH3 is 1. The number of aromatic hydroxyl groups is 1. The highest BCUT2D eigenvalue weighted by atomic mass is 32.1. The van der Waals surface area contributed by atoms with Gasteiger partial charge in [-0.25, -0.2) is 14.8 Å². The molecule has 0 spiro atoms. The minimum Gasteiger partial charge on any atom is -0.494 e. The molecule has 0 aliphatic carbocycles. The number of H-pyrrole nitrogens is 1. The van der Waals surface area contributed by atoms with Crippen LogP contribution in [0.2, 0.25) is 0 Å². The van der Waals surface area contributed by atoms with Crippen molar-refractivity contribution in [3.05, 3.63) is 88.4 Å². The SMILES string of the molecule is COC(=O)c1ccc2c(C(=Nc3ccc(-c4nccn4C)cc3)c3ccsc3)c(O)[nH]c2c1. The number of hydrogen-bond donors (Lipinski definition) is 2. The van der Waals surface area contributed by atoms with Crippen molar-refractivity contribution in [3.63, 3.8) is 0 Å². The molecule has 7 nitrogen and oxygen atoms in total. The number of aryl methyl sites for hydroxylation is 1. The largest absolute Gasteiger partial charge is 0.494 e. The molecule has 164 valence electrons. The standard InChI is InChI=1S/C25H20N4O3S/c1-29-11-10-26-23(29)15-3-6-18(7-4-15)27-22(17-9-12-33-14-17)21-19-8-5-16(25(31)32-2)13-20(19)28-24(21)30/h3-14,28,30H,1-2H3. The van der Waals surface area contributed by atoms with Crippen molar-refractivity contribution in [1.82, 2.24) is 14.5 Å². The Morgan fingerprint density at radius 2 is 1.97 bits per heavy atom. The van der Waals surface area contributed by atoms with Crippen LogP contribution in [0.15, 0.2) is 76.7 Å². The summed E-state index contributed by atoms with van der Waals surface area (Å²) in [6.45, 7) is 0. The molecule has 3 aromatic heterocycles. The quantitative estimate of drug-likeness (QED) is 0.278. The molecule has 5 rings (SSSR count). The normalized spacial score (nSPS) is 11.8. The van der Waals surface area contributed by atoms with Crippen LogP contribution in [0.4, 0.5) is 5.69 Å². The highest BCUT2D eigenvalue weighted by Crippen LogP contribution is 2.33. The minimum atomic E-state index is -0.438. The Morgan fingerprint density at radius 1 is 1.15 bits per heavy atom. The van der Waals surface area contributed by atoms with Crippen LogP contribution in [-0.4, -0.2) is 38.4 Å². The first-order chi connectivity index (χ1) is 16.0. The molecular weight excluding hydrogens is 436 g/mol. The first-order valence-electron chi connectivity index (χ1n) is 10.2. The molecule has 2 N–H and O–H groups in total. The van der Waals surface area contributed by atoms with Crippen molar-refractivity contribution in [2.24, 2.45) is 12.0 Å². The lowest BCUT2D eigenvalue weighted by atomic mass is 10.0. The topological polar surface area (TPSA) is 92.5 Å². The number of carbonyl (C=O) groups excluding carboxylic acids is 1. The van der Waals surface area contributed by atoms with Gasteiger partial charge in [-0.3, -0.25) is 0 Å². The van der Waals surface area contributed by atoms with Gasteiger partial charge in [-0.15, -0.1) is 0 Å². The summed E-state index contributed by atoms with van der Waals surface area (Å²) in [4.78, 5) is 24.2. The predicted molar refractivity (Wildman–Crippen MR) is 130 cm³/mol. The van der Waals surface area contributed by atoms with Crippen molar-refractivity contribution in [3.8, 4) is 17.3 Å². The summed E-state index contributed by atoms with van der Waals surface area (Å²) in [6, 6.07) is 14.9. The van der Waals surface area contributed by atoms with E-state index in [-0.39, 0.29) is 5.88 Å². The van der Waals surface area contributed by atoms with Gasteiger partial charge in [0.1, 0.15) is 5.82 Å². The number of carbonyl (C=O) groups is 1. The summed E-state index contributed by atoms with van der Waals surface area (Å²) in [7, 11) is 3.29. The van der Waals surface area contributed by atoms with Crippen LogP contribution >= 0.6 is 11.3 Å². The van der Waals surface area contributed by atoms with Crippen LogP contribution in [0.3, 0.4) is 0 Å². The Bertz CT molecular complexity index is 1480. The molecule has 2 aromatic carbocycles. The Labute approximate surface area is 193 Å². The molecule has 33 heavy (non-hydrogen) atoms. The fourth-order valence-electron chi connectivity index (χ4n) is 3.79. The van der Waals surface area contributed by atoms with E-state index in [4.69, 9.17) is 9.73 Å². The Kier molecular flexibility index (Phi) is 5.27. The minimum absolute atomic E-state index is 0.0124. The second-order valence-corrected chi connectivity index (χ2v) is 8.26. The van der Waals surface area contributed by atoms with Gasteiger partial charge in [0.25, 0.3) is 0 Å². The number of rotatable bonds is 5. The van der Waals surface area contributed by atoms with Crippen LogP contribution in [0.5, 0.6) is 5.88 Å². The van der Waals surface area contributed by atoms with Crippen LogP contribution in [0.1, 0.15) is 21.5 Å². The van der Waals surface area contributed by atoms with Crippen molar-refractivity contribution >= 4 is 39.6 Å². The number of imidazole rings is 1. The lowest BCUT2D eigenvalue weighted by Gasteiger charge is -2.07. The number of aliphatic imine (C=N–C) groups is 1. The van der Waals surface area contributed by atoms with Crippen molar-refractivity contribution in [2.75, 3.05) is 7.11 Å². The lowest BCUT2D eigenvalue weighted by Crippen LogP contribution is -2.02. The molecule has 0 atom stereocenters. The van der Waals surface area contributed by atoms with Gasteiger partial charge in [-0.1, -0.05) is 6.07 Å². The maximum atomic E-state index is 11.9. The number of esters is 1. The Balaban J connectivity index is 1.62. The van der Waals surface area contributed by atoms with E-state index >= 15 is 0 Å². The average Bonchev–Trinajstić information content (AvgIpc) is 3.57. The third-order valence-corrected chi connectivity index (χ3v) is 6.10. The van der Waals surface area contributed by atoms with E-state index in [0.717, 1.165) is 28.0 Å². The van der Waals surface area contributed by atoms with Crippen molar-refractivity contribution in [2.45, 2.75) is 0 Å². The van der Waals surface area contributed by atoms with Crippen LogP contribution in [0.25, 0.3) is 22.3 Å². The molecule has 0 aliphatic rings. The molecule has 3 heterocycles. The highest BCUT2D eigenvalue weighted by Gasteiger charge is 2.20. The molecule has 0 saturated heterocycles. The molecule has 0 radical (unpaired) electrons. The van der Waals surface area contributed by atoms with E-state index in [1.807, 2.05) is 58.9 Å². The van der Waals surface area contributed by atoms with Gasteiger partial charge in [0, 0.05) is 46.9 Å². The Hall–Kier alpha value is -4.17. The van der Waals surface area contributed by atoms with Gasteiger partial charge in [-0.05, 0) is 47.8 Å². The number of ether oxygens (including phenoxy) is 1. The summed E-state index contributed by atoms with van der Waals surface area (Å²) in [5.74, 6) is 0.424. The molecule has 0 saturated carbocycles. The van der Waals surface area contributed by atoms with Crippen LogP contribution in [-0.2, 0) is 11.8 Å². The second-order valence-electron chi connectivity index (χ2n) is 7.48. The van der Waals surface area contributed by atoms with E-state index in [0.29, 0.717) is 22.4 Å². The van der Waals surface area contributed by atoms with E-state index < -0.39 is 5.97 Å². The van der Waals surface area contributed by atoms with Crippen LogP contribution < -0.4 is 0 Å². The van der Waals surface area contributed by atoms with E-state index in [9.17, 15) is 9.90 Å². The summed E-state index contributed by atoms with van der Waals surface area (Å²) < 4.78 is 6.77. The zero-order chi connectivity index (χ0) is 22.9. The van der Waals surface area contributed by atoms with Gasteiger partial charge in [0.15, 0.2) is 5.88 Å². The molecule has 8 heteroatoms. The van der Waals surface area contributed by atoms with Gasteiger partial charge >= 0.3 is 5.97 Å². The number of nitrogens with one attached hydrogen (secondary N) is 1. The zero-order valence-corrected chi connectivity index (χ0v) is 18.8. The average molecular weight is 457 g/mol. The number of benzene rings is 2. The van der Waals surface area contributed by atoms with E-state index in [2.05, 4.69) is 9.97 Å². The molecule has 0 fully saturated rings. The van der Waals surface area contributed by atoms with Gasteiger partial charge in [0.2, 0.25) is 0 Å². The van der Waals surface area contributed by atoms with Crippen molar-refractivity contribution < 1.29 is 14.6 Å². The van der Waals surface area contributed by atoms with E-state index in [1.54, 1.807) is 35.7 Å². The smallest absolute Gasteiger partial charge is 0.337 e. The van der Waals surface area contributed by atoms with Gasteiger partial charge in [0.05, 0.1) is 29.6 Å². The monoisotopic (exact) mass is 456 g/mol. The number of nitrogens with zero attached hydrogens (tertiary/aromatic N) is 3. The molecular formula is C25H20N4O3S. The third kappa shape index (κ3) is 3.81. The summed E-state index contributed by atoms with van der Waals surface area (Å²) in [6.07, 6.45) is 3.67. The maximum Gasteiger partial charge on any atom is 0.337 e. The summed E-state index contributed by atoms with van der Waals surface area (Å²) in [5, 5.41) is 15.5. The van der Waals surface area contributed by atoms with E-state index in [1.165, 1.54) is 7.11 Å². The fourth-order valence-corrected chi connectivity index (χ4v) is 4.43. The number of fused-ring (bicyclic) bond motifs is 1. The number of thiophene rings is 1. The summed E-state index contributed by atoms with van der Waals surface area (Å²) in [5.41, 5.74) is 4.86. The molecule has 0 aliphatic heterocycles. The lowest BCUT2D eigenvalue weighted by molar-refractivity contribution is 0.0601. The second kappa shape index (κ2) is 8.40. The molecule has 0 amide bonds. The molecule has 0 unspecified atom stereocenters. The number of hydrogen-bond acceptors (Lipinski definition) is 6. The number of aromatic amines is 1. The number of aromatic nitrogens is 3. The Morgan fingerprint density at radius 3 is 2.64 bits per heavy atom. The third-order valence-electron chi connectivity index (χ3n) is 5.42. The highest BCUT2D eigenvalue weighted by molar-refractivity contribution is 7.08. The first kappa shape index (κ1) is 20.7. The van der Waals surface area contributed by atoms with Crippen molar-refractivity contribution in [1.29, 1.82) is 0 Å². The zero-order valence-electron chi connectivity index (χ0n) is 17.9. The maximum absolute atomic E-state index is 11.9. The van der Waals surface area contributed by atoms with Gasteiger partial charge in [-0.2, -0.15) is 11.3 Å². The molecule has 0 bridgehead atoms. The van der Waals surface area contributed by atoms with Gasteiger partial charge < -0.3 is 19.4 Å². The first-order valence-corrected chi connectivity index (χ1v) is 11.1. The summed E-state index contributed by atoms with van der Waals surface area (Å²) >= 11 is 1.55. The molecule has 5 aromatic rings. The van der Waals surface area contributed by atoms with Crippen LogP contribution in [0, 0.1) is 0 Å². The fraction of sp³-hybridized carbons (Fsp3) is 0.0800.